The van der Waals surface area contributed by atoms with E-state index in [1.165, 1.54) is 11.9 Å². The molecule has 118 valence electrons. The van der Waals surface area contributed by atoms with Crippen LogP contribution in [-0.4, -0.2) is 32.0 Å². The van der Waals surface area contributed by atoms with Crippen molar-refractivity contribution in [1.82, 2.24) is 4.57 Å². The molecule has 0 fully saturated rings. The topological polar surface area (TPSA) is 46.5 Å². The maximum absolute atomic E-state index is 12.1. The zero-order valence-corrected chi connectivity index (χ0v) is 14.3. The summed E-state index contributed by atoms with van der Waals surface area (Å²) in [5, 5.41) is 0. The van der Waals surface area contributed by atoms with E-state index < -0.39 is 0 Å². The Labute approximate surface area is 135 Å². The summed E-state index contributed by atoms with van der Waals surface area (Å²) >= 11 is 1.51. The first-order valence-electron chi connectivity index (χ1n) is 6.83. The fourth-order valence-electron chi connectivity index (χ4n) is 2.25. The smallest absolute Gasteiger partial charge is 0.273 e. The minimum atomic E-state index is -0.00951. The van der Waals surface area contributed by atoms with Crippen LogP contribution in [0.2, 0.25) is 0 Å². The number of aromatic nitrogens is 1. The molecule has 0 amide bonds. The Kier molecular flexibility index (Phi) is 5.03. The molecule has 0 aliphatic heterocycles. The molecular formula is C16H21N3O2S. The number of anilines is 2. The zero-order chi connectivity index (χ0) is 16.3. The monoisotopic (exact) mass is 319 g/mol. The Morgan fingerprint density at radius 1 is 1.23 bits per heavy atom. The second-order valence-corrected chi connectivity index (χ2v) is 5.76. The third-order valence-electron chi connectivity index (χ3n) is 3.39. The van der Waals surface area contributed by atoms with Crippen LogP contribution in [0.3, 0.4) is 0 Å². The minimum absolute atomic E-state index is 0.00951. The lowest BCUT2D eigenvalue weighted by atomic mass is 10.1. The van der Waals surface area contributed by atoms with Crippen LogP contribution in [0.4, 0.5) is 11.4 Å². The maximum atomic E-state index is 12.1. The van der Waals surface area contributed by atoms with Gasteiger partial charge in [0.15, 0.2) is 0 Å². The number of benzene rings is 1. The zero-order valence-electron chi connectivity index (χ0n) is 13.5. The minimum Gasteiger partial charge on any atom is -0.495 e. The van der Waals surface area contributed by atoms with Gasteiger partial charge in [-0.05, 0) is 23.8 Å². The van der Waals surface area contributed by atoms with Gasteiger partial charge in [-0.25, -0.2) is 0 Å². The molecule has 0 saturated heterocycles. The lowest BCUT2D eigenvalue weighted by Gasteiger charge is -2.16. The quantitative estimate of drug-likeness (QED) is 0.859. The van der Waals surface area contributed by atoms with Crippen LogP contribution in [0.5, 0.6) is 5.75 Å². The number of nitrogens with one attached hydrogen (secondary N) is 1. The van der Waals surface area contributed by atoms with Crippen LogP contribution in [0, 0.1) is 0 Å². The molecule has 0 radical (unpaired) electrons. The average Bonchev–Trinajstić information content (AvgIpc) is 2.49. The molecule has 1 aromatic carbocycles. The van der Waals surface area contributed by atoms with Gasteiger partial charge in [-0.1, -0.05) is 18.0 Å². The predicted molar refractivity (Wildman–Crippen MR) is 95.1 cm³/mol. The summed E-state index contributed by atoms with van der Waals surface area (Å²) in [4.78, 5) is 14.0. The van der Waals surface area contributed by atoms with Gasteiger partial charge in [0.1, 0.15) is 11.4 Å². The molecule has 0 bridgehead atoms. The van der Waals surface area contributed by atoms with Gasteiger partial charge in [-0.15, -0.1) is 0 Å². The highest BCUT2D eigenvalue weighted by molar-refractivity contribution is 7.99. The van der Waals surface area contributed by atoms with Gasteiger partial charge in [0, 0.05) is 39.2 Å². The fourth-order valence-corrected chi connectivity index (χ4v) is 2.63. The lowest BCUT2D eigenvalue weighted by molar-refractivity contribution is 0.417. The Hall–Kier alpha value is -2.08. The molecule has 0 aliphatic rings. The van der Waals surface area contributed by atoms with Crippen LogP contribution in [-0.2, 0) is 7.05 Å². The third kappa shape index (κ3) is 3.22. The fraction of sp³-hybridized carbons (Fsp3) is 0.312. The van der Waals surface area contributed by atoms with Crippen molar-refractivity contribution in [3.05, 3.63) is 40.8 Å². The molecule has 22 heavy (non-hydrogen) atoms. The van der Waals surface area contributed by atoms with Gasteiger partial charge in [-0.3, -0.25) is 4.79 Å². The number of pyridine rings is 1. The van der Waals surface area contributed by atoms with Crippen LogP contribution < -0.4 is 19.9 Å². The molecule has 5 nitrogen and oxygen atoms in total. The molecule has 2 aromatic rings. The van der Waals surface area contributed by atoms with E-state index in [4.69, 9.17) is 4.74 Å². The van der Waals surface area contributed by atoms with E-state index in [0.717, 1.165) is 22.6 Å². The van der Waals surface area contributed by atoms with E-state index in [1.807, 2.05) is 55.7 Å². The normalized spacial score (nSPS) is 10.4. The van der Waals surface area contributed by atoms with E-state index >= 15 is 0 Å². The van der Waals surface area contributed by atoms with Crippen LogP contribution in [0.1, 0.15) is 0 Å². The summed E-state index contributed by atoms with van der Waals surface area (Å²) in [5.74, 6) is 0.788. The summed E-state index contributed by atoms with van der Waals surface area (Å²) in [6.07, 6.45) is 3.81. The van der Waals surface area contributed by atoms with Gasteiger partial charge in [-0.2, -0.15) is 0 Å². The first-order chi connectivity index (χ1) is 10.5. The summed E-state index contributed by atoms with van der Waals surface area (Å²) < 4.78 is 10.2. The van der Waals surface area contributed by atoms with Crippen LogP contribution >= 0.6 is 11.9 Å². The predicted octanol–water partition coefficient (Wildman–Crippen LogP) is 2.82. The van der Waals surface area contributed by atoms with Crippen molar-refractivity contribution >= 4 is 23.3 Å². The van der Waals surface area contributed by atoms with E-state index in [1.54, 1.807) is 18.7 Å². The first-order valence-corrected chi connectivity index (χ1v) is 8.05. The Bertz CT molecular complexity index is 726. The second-order valence-electron chi connectivity index (χ2n) is 5.15. The van der Waals surface area contributed by atoms with E-state index in [0.29, 0.717) is 5.69 Å². The number of methoxy groups -OCH3 is 1. The summed E-state index contributed by atoms with van der Waals surface area (Å²) in [7, 11) is 7.16. The number of rotatable bonds is 5. The van der Waals surface area contributed by atoms with Gasteiger partial charge in [0.05, 0.1) is 12.8 Å². The molecule has 0 atom stereocenters. The van der Waals surface area contributed by atoms with Crippen molar-refractivity contribution in [3.8, 4) is 16.9 Å². The molecule has 0 spiro atoms. The first kappa shape index (κ1) is 16.3. The van der Waals surface area contributed by atoms with Crippen molar-refractivity contribution < 1.29 is 4.74 Å². The number of nitrogens with zero attached hydrogens (tertiary/aromatic N) is 2. The van der Waals surface area contributed by atoms with Crippen molar-refractivity contribution in [2.45, 2.75) is 0 Å². The van der Waals surface area contributed by atoms with Crippen molar-refractivity contribution in [2.24, 2.45) is 7.05 Å². The number of hydrogen-bond acceptors (Lipinski definition) is 5. The molecular weight excluding hydrogens is 298 g/mol. The van der Waals surface area contributed by atoms with Gasteiger partial charge >= 0.3 is 0 Å². The number of hydrogen-bond donors (Lipinski definition) is 1. The molecule has 1 heterocycles. The largest absolute Gasteiger partial charge is 0.495 e. The Morgan fingerprint density at radius 2 is 1.95 bits per heavy atom. The summed E-state index contributed by atoms with van der Waals surface area (Å²) in [6, 6.07) is 7.85. The third-order valence-corrected chi connectivity index (χ3v) is 3.82. The lowest BCUT2D eigenvalue weighted by Crippen LogP contribution is -2.25. The standard InChI is InChI=1S/C16H21N3O2S/c1-18(2)14-9-12(10-19(3)16(14)20)11-6-7-15(21-4)13(8-11)17-22-5/h6-10,17H,1-5H3. The van der Waals surface area contributed by atoms with Crippen LogP contribution in [0.15, 0.2) is 35.3 Å². The number of ether oxygens (including phenoxy) is 1. The summed E-state index contributed by atoms with van der Waals surface area (Å²) in [5.41, 5.74) is 3.57. The Morgan fingerprint density at radius 3 is 2.55 bits per heavy atom. The average molecular weight is 319 g/mol. The van der Waals surface area contributed by atoms with Crippen molar-refractivity contribution in [2.75, 3.05) is 37.1 Å². The van der Waals surface area contributed by atoms with Crippen molar-refractivity contribution in [3.63, 3.8) is 0 Å². The highest BCUT2D eigenvalue weighted by Gasteiger charge is 2.10. The van der Waals surface area contributed by atoms with E-state index in [-0.39, 0.29) is 5.56 Å². The van der Waals surface area contributed by atoms with Gasteiger partial charge in [0.2, 0.25) is 0 Å². The SMILES string of the molecule is COc1ccc(-c2cc(N(C)C)c(=O)n(C)c2)cc1NSC. The molecule has 0 unspecified atom stereocenters. The molecule has 6 heteroatoms. The van der Waals surface area contributed by atoms with Crippen molar-refractivity contribution in [1.29, 1.82) is 0 Å². The molecule has 0 saturated carbocycles. The second kappa shape index (κ2) is 6.79. The van der Waals surface area contributed by atoms with E-state index in [9.17, 15) is 4.79 Å². The molecule has 2 rings (SSSR count). The highest BCUT2D eigenvalue weighted by atomic mass is 32.2. The number of aryl methyl sites for hydroxylation is 1. The van der Waals surface area contributed by atoms with E-state index in [2.05, 4.69) is 4.72 Å². The molecule has 0 aliphatic carbocycles. The molecule has 1 N–H and O–H groups in total. The maximum Gasteiger partial charge on any atom is 0.273 e. The van der Waals surface area contributed by atoms with Crippen LogP contribution in [0.25, 0.3) is 11.1 Å². The highest BCUT2D eigenvalue weighted by Crippen LogP contribution is 2.32. The Balaban J connectivity index is 2.56. The van der Waals surface area contributed by atoms with Gasteiger partial charge < -0.3 is 18.9 Å². The van der Waals surface area contributed by atoms with Gasteiger partial charge in [0.25, 0.3) is 5.56 Å². The molecule has 1 aromatic heterocycles. The summed E-state index contributed by atoms with van der Waals surface area (Å²) in [6.45, 7) is 0.